The Morgan fingerprint density at radius 1 is 1.05 bits per heavy atom. The van der Waals surface area contributed by atoms with E-state index in [2.05, 4.69) is 93.3 Å². The molecule has 0 unspecified atom stereocenters. The number of likely N-dealkylation sites (N-methyl/N-ethyl adjacent to an activating group) is 1. The fraction of sp³-hybridized carbons (Fsp3) is 0.344. The third kappa shape index (κ3) is 7.25. The van der Waals surface area contributed by atoms with Gasteiger partial charge in [-0.2, -0.15) is 0 Å². The average Bonchev–Trinajstić information content (AvgIpc) is 3.35. The van der Waals surface area contributed by atoms with Gasteiger partial charge in [-0.15, -0.1) is 0 Å². The van der Waals surface area contributed by atoms with Crippen molar-refractivity contribution in [3.8, 4) is 22.9 Å². The quantitative estimate of drug-likeness (QED) is 0.130. The van der Waals surface area contributed by atoms with Gasteiger partial charge in [0, 0.05) is 58.3 Å². The number of benzene rings is 2. The summed E-state index contributed by atoms with van der Waals surface area (Å²) in [7, 11) is 0.943. The summed E-state index contributed by atoms with van der Waals surface area (Å²) in [6.07, 6.45) is 2.75. The highest BCUT2D eigenvalue weighted by atomic mass is 28.3. The summed E-state index contributed by atoms with van der Waals surface area (Å²) < 4.78 is 14.5. The number of piperazine rings is 1. The number of nitrogens with zero attached hydrogens (tertiary/aromatic N) is 5. The number of rotatable bonds is 11. The maximum Gasteiger partial charge on any atom is 0.247 e. The van der Waals surface area contributed by atoms with Crippen molar-refractivity contribution in [1.29, 1.82) is 0 Å². The SMILES string of the molecule is C=CC(=O)Nc1cccc(Oc2ncnc3c2cc(-c2ccc(N4CCN(C)CC4)cc2)n3COCC[Si](C)(C)C)c1. The molecule has 2 aromatic carbocycles. The molecule has 1 aliphatic heterocycles. The third-order valence-electron chi connectivity index (χ3n) is 7.40. The molecule has 0 bridgehead atoms. The van der Waals surface area contributed by atoms with Crippen LogP contribution >= 0.6 is 0 Å². The predicted octanol–water partition coefficient (Wildman–Crippen LogP) is 6.08. The summed E-state index contributed by atoms with van der Waals surface area (Å²) >= 11 is 0. The largest absolute Gasteiger partial charge is 0.438 e. The van der Waals surface area contributed by atoms with Gasteiger partial charge in [-0.1, -0.05) is 44.4 Å². The molecular formula is C32H40N6O3Si. The van der Waals surface area contributed by atoms with E-state index in [4.69, 9.17) is 9.47 Å². The van der Waals surface area contributed by atoms with Gasteiger partial charge in [0.2, 0.25) is 11.8 Å². The van der Waals surface area contributed by atoms with Gasteiger partial charge >= 0.3 is 0 Å². The number of anilines is 2. The van der Waals surface area contributed by atoms with Crippen LogP contribution in [0.2, 0.25) is 25.7 Å². The zero-order valence-electron chi connectivity index (χ0n) is 25.0. The maximum absolute atomic E-state index is 11.8. The predicted molar refractivity (Wildman–Crippen MR) is 172 cm³/mol. The average molecular weight is 585 g/mol. The van der Waals surface area contributed by atoms with Crippen LogP contribution in [-0.2, 0) is 16.3 Å². The fourth-order valence-electron chi connectivity index (χ4n) is 4.88. The Bertz CT molecular complexity index is 1540. The van der Waals surface area contributed by atoms with E-state index in [1.165, 1.54) is 18.1 Å². The van der Waals surface area contributed by atoms with Gasteiger partial charge in [-0.25, -0.2) is 9.97 Å². The highest BCUT2D eigenvalue weighted by Gasteiger charge is 2.19. The standard InChI is InChI=1S/C32H40N6O3Si/c1-6-30(39)35-25-8-7-9-27(20-25)41-32-28-21-29(24-10-12-26(13-11-24)37-16-14-36(2)15-17-37)38(31(28)33-22-34-32)23-40-18-19-42(3,4)5/h6-13,20-22H,1,14-19,23H2,2-5H3,(H,35,39). The maximum atomic E-state index is 11.8. The molecule has 0 radical (unpaired) electrons. The second-order valence-electron chi connectivity index (χ2n) is 11.9. The van der Waals surface area contributed by atoms with Crippen LogP contribution in [0.1, 0.15) is 0 Å². The molecule has 10 heteroatoms. The second-order valence-corrected chi connectivity index (χ2v) is 17.5. The minimum atomic E-state index is -1.23. The molecule has 0 saturated carbocycles. The first kappa shape index (κ1) is 29.5. The van der Waals surface area contributed by atoms with Crippen LogP contribution in [-0.4, -0.2) is 73.2 Å². The molecule has 42 heavy (non-hydrogen) atoms. The van der Waals surface area contributed by atoms with Crippen molar-refractivity contribution in [1.82, 2.24) is 19.4 Å². The number of hydrogen-bond acceptors (Lipinski definition) is 7. The van der Waals surface area contributed by atoms with Gasteiger partial charge in [0.1, 0.15) is 24.5 Å². The van der Waals surface area contributed by atoms with Gasteiger partial charge in [0.05, 0.1) is 11.1 Å². The summed E-state index contributed by atoms with van der Waals surface area (Å²) in [5.41, 5.74) is 4.63. The van der Waals surface area contributed by atoms with E-state index in [1.54, 1.807) is 12.1 Å². The highest BCUT2D eigenvalue weighted by molar-refractivity contribution is 6.76. The third-order valence-corrected chi connectivity index (χ3v) is 9.11. The summed E-state index contributed by atoms with van der Waals surface area (Å²) in [5, 5.41) is 3.55. The number of aromatic nitrogens is 3. The van der Waals surface area contributed by atoms with Crippen molar-refractivity contribution in [2.24, 2.45) is 0 Å². The van der Waals surface area contributed by atoms with Crippen molar-refractivity contribution >= 4 is 36.4 Å². The highest BCUT2D eigenvalue weighted by Crippen LogP contribution is 2.35. The first-order valence-electron chi connectivity index (χ1n) is 14.4. The lowest BCUT2D eigenvalue weighted by molar-refractivity contribution is -0.111. The Morgan fingerprint density at radius 3 is 2.52 bits per heavy atom. The van der Waals surface area contributed by atoms with Crippen LogP contribution in [0.15, 0.2) is 73.6 Å². The lowest BCUT2D eigenvalue weighted by Crippen LogP contribution is -2.44. The normalized spacial score (nSPS) is 14.2. The molecule has 1 aliphatic rings. The Hall–Kier alpha value is -3.99. The zero-order chi connectivity index (χ0) is 29.7. The second kappa shape index (κ2) is 12.9. The molecule has 0 spiro atoms. The summed E-state index contributed by atoms with van der Waals surface area (Å²) in [5.74, 6) is 0.698. The number of ether oxygens (including phenoxy) is 2. The molecule has 0 aliphatic carbocycles. The minimum Gasteiger partial charge on any atom is -0.438 e. The fourth-order valence-corrected chi connectivity index (χ4v) is 5.63. The molecule has 2 aromatic heterocycles. The summed E-state index contributed by atoms with van der Waals surface area (Å²) in [6.45, 7) is 15.8. The number of carbonyl (C=O) groups is 1. The van der Waals surface area contributed by atoms with E-state index in [0.717, 1.165) is 54.5 Å². The first-order chi connectivity index (χ1) is 20.2. The van der Waals surface area contributed by atoms with E-state index in [9.17, 15) is 4.79 Å². The van der Waals surface area contributed by atoms with E-state index in [0.29, 0.717) is 30.7 Å². The minimum absolute atomic E-state index is 0.286. The van der Waals surface area contributed by atoms with Crippen molar-refractivity contribution in [3.63, 3.8) is 0 Å². The van der Waals surface area contributed by atoms with E-state index >= 15 is 0 Å². The van der Waals surface area contributed by atoms with Crippen molar-refractivity contribution in [2.45, 2.75) is 32.4 Å². The Kier molecular flexibility index (Phi) is 9.05. The van der Waals surface area contributed by atoms with Crippen molar-refractivity contribution in [2.75, 3.05) is 50.1 Å². The molecular weight excluding hydrogens is 544 g/mol. The lowest BCUT2D eigenvalue weighted by Gasteiger charge is -2.34. The molecule has 5 rings (SSSR count). The van der Waals surface area contributed by atoms with Crippen LogP contribution in [0.25, 0.3) is 22.3 Å². The molecule has 1 N–H and O–H groups in total. The van der Waals surface area contributed by atoms with Gasteiger partial charge in [0.25, 0.3) is 0 Å². The van der Waals surface area contributed by atoms with E-state index in [1.807, 2.05) is 12.1 Å². The Labute approximate surface area is 248 Å². The molecule has 0 atom stereocenters. The van der Waals surface area contributed by atoms with Gasteiger partial charge < -0.3 is 29.2 Å². The topological polar surface area (TPSA) is 84.7 Å². The van der Waals surface area contributed by atoms with E-state index in [-0.39, 0.29) is 5.91 Å². The van der Waals surface area contributed by atoms with Gasteiger partial charge in [0.15, 0.2) is 0 Å². The van der Waals surface area contributed by atoms with Gasteiger partial charge in [-0.3, -0.25) is 4.79 Å². The van der Waals surface area contributed by atoms with Crippen LogP contribution in [0.5, 0.6) is 11.6 Å². The van der Waals surface area contributed by atoms with Crippen molar-refractivity contribution < 1.29 is 14.3 Å². The van der Waals surface area contributed by atoms with Crippen molar-refractivity contribution in [3.05, 3.63) is 73.6 Å². The number of hydrogen-bond donors (Lipinski definition) is 1. The number of fused-ring (bicyclic) bond motifs is 1. The number of carbonyl (C=O) groups excluding carboxylic acids is 1. The molecule has 9 nitrogen and oxygen atoms in total. The van der Waals surface area contributed by atoms with Crippen LogP contribution < -0.4 is 15.0 Å². The molecule has 4 aromatic rings. The molecule has 1 fully saturated rings. The molecule has 220 valence electrons. The van der Waals surface area contributed by atoms with Gasteiger partial charge in [-0.05, 0) is 55.1 Å². The van der Waals surface area contributed by atoms with Crippen LogP contribution in [0.3, 0.4) is 0 Å². The van der Waals surface area contributed by atoms with Crippen LogP contribution in [0.4, 0.5) is 11.4 Å². The van der Waals surface area contributed by atoms with Crippen LogP contribution in [0, 0.1) is 0 Å². The number of nitrogens with one attached hydrogen (secondary N) is 1. The van der Waals surface area contributed by atoms with E-state index < -0.39 is 8.07 Å². The number of amides is 1. The monoisotopic (exact) mass is 584 g/mol. The Balaban J connectivity index is 1.46. The Morgan fingerprint density at radius 2 is 1.81 bits per heavy atom. The smallest absolute Gasteiger partial charge is 0.247 e. The summed E-state index contributed by atoms with van der Waals surface area (Å²) in [4.78, 5) is 25.7. The first-order valence-corrected chi connectivity index (χ1v) is 18.1. The lowest BCUT2D eigenvalue weighted by atomic mass is 10.1. The zero-order valence-corrected chi connectivity index (χ0v) is 26.0. The molecule has 1 saturated heterocycles. The molecule has 3 heterocycles. The molecule has 1 amide bonds. The summed E-state index contributed by atoms with van der Waals surface area (Å²) in [6, 6.07) is 19.1.